The number of methoxy groups -OCH3 is 1. The van der Waals surface area contributed by atoms with Crippen LogP contribution in [0.2, 0.25) is 0 Å². The third-order valence-corrected chi connectivity index (χ3v) is 5.68. The van der Waals surface area contributed by atoms with Gasteiger partial charge in [0, 0.05) is 25.0 Å². The van der Waals surface area contributed by atoms with Crippen molar-refractivity contribution in [1.82, 2.24) is 10.2 Å². The lowest BCUT2D eigenvalue weighted by molar-refractivity contribution is -0.135. The standard InChI is InChI=1S/C21H30N2O3/c1-26-19-9-7-16(8-10-19)15-20(24)23-13-11-17(12-14-23)21(25)22-18-5-3-2-4-6-18/h7-10,17-18H,2-6,11-15H2,1H3,(H,22,25). The second-order valence-electron chi connectivity index (χ2n) is 7.52. The van der Waals surface area contributed by atoms with Gasteiger partial charge in [0.05, 0.1) is 13.5 Å². The molecule has 2 fully saturated rings. The van der Waals surface area contributed by atoms with E-state index in [1.807, 2.05) is 29.2 Å². The normalized spacial score (nSPS) is 19.2. The summed E-state index contributed by atoms with van der Waals surface area (Å²) in [5.41, 5.74) is 0.993. The molecule has 1 N–H and O–H groups in total. The number of hydrogen-bond acceptors (Lipinski definition) is 3. The fraction of sp³-hybridized carbons (Fsp3) is 0.619. The highest BCUT2D eigenvalue weighted by molar-refractivity contribution is 5.81. The topological polar surface area (TPSA) is 58.6 Å². The van der Waals surface area contributed by atoms with Crippen LogP contribution in [0.4, 0.5) is 0 Å². The molecule has 2 aliphatic rings. The van der Waals surface area contributed by atoms with Gasteiger partial charge in [-0.15, -0.1) is 0 Å². The summed E-state index contributed by atoms with van der Waals surface area (Å²) in [6.07, 6.45) is 7.92. The Kier molecular flexibility index (Phi) is 6.53. The van der Waals surface area contributed by atoms with Crippen LogP contribution in [0.3, 0.4) is 0 Å². The van der Waals surface area contributed by atoms with Crippen molar-refractivity contribution in [2.45, 2.75) is 57.4 Å². The van der Waals surface area contributed by atoms with Crippen molar-refractivity contribution in [3.8, 4) is 5.75 Å². The molecule has 0 unspecified atom stereocenters. The van der Waals surface area contributed by atoms with E-state index < -0.39 is 0 Å². The van der Waals surface area contributed by atoms with Gasteiger partial charge in [0.2, 0.25) is 11.8 Å². The van der Waals surface area contributed by atoms with E-state index >= 15 is 0 Å². The average Bonchev–Trinajstić information content (AvgIpc) is 2.69. The Morgan fingerprint density at radius 1 is 1.04 bits per heavy atom. The number of nitrogens with one attached hydrogen (secondary N) is 1. The molecule has 1 saturated carbocycles. The van der Waals surface area contributed by atoms with Gasteiger partial charge in [-0.25, -0.2) is 0 Å². The van der Waals surface area contributed by atoms with Crippen LogP contribution in [0.25, 0.3) is 0 Å². The number of nitrogens with zero attached hydrogens (tertiary/aromatic N) is 1. The zero-order valence-electron chi connectivity index (χ0n) is 15.7. The highest BCUT2D eigenvalue weighted by Gasteiger charge is 2.28. The molecule has 0 aromatic heterocycles. The van der Waals surface area contributed by atoms with E-state index in [-0.39, 0.29) is 17.7 Å². The first-order valence-corrected chi connectivity index (χ1v) is 9.87. The summed E-state index contributed by atoms with van der Waals surface area (Å²) in [4.78, 5) is 26.9. The Labute approximate surface area is 156 Å². The Hall–Kier alpha value is -2.04. The minimum absolute atomic E-state index is 0.0574. The summed E-state index contributed by atoms with van der Waals surface area (Å²) < 4.78 is 5.15. The monoisotopic (exact) mass is 358 g/mol. The molecular formula is C21H30N2O3. The second-order valence-corrected chi connectivity index (χ2v) is 7.52. The molecule has 1 aliphatic heterocycles. The highest BCUT2D eigenvalue weighted by Crippen LogP contribution is 2.22. The third kappa shape index (κ3) is 4.99. The molecule has 1 aromatic carbocycles. The van der Waals surface area contributed by atoms with Crippen LogP contribution in [0, 0.1) is 5.92 Å². The van der Waals surface area contributed by atoms with Crippen molar-refractivity contribution in [3.63, 3.8) is 0 Å². The first kappa shape index (κ1) is 18.7. The van der Waals surface area contributed by atoms with Crippen LogP contribution in [0.15, 0.2) is 24.3 Å². The number of piperidine rings is 1. The van der Waals surface area contributed by atoms with Crippen molar-refractivity contribution in [3.05, 3.63) is 29.8 Å². The predicted octanol–water partition coefficient (Wildman–Crippen LogP) is 2.93. The molecule has 2 amide bonds. The molecule has 26 heavy (non-hydrogen) atoms. The van der Waals surface area contributed by atoms with Gasteiger partial charge in [-0.05, 0) is 43.4 Å². The molecule has 5 heteroatoms. The average molecular weight is 358 g/mol. The summed E-state index contributed by atoms with van der Waals surface area (Å²) >= 11 is 0. The number of hydrogen-bond donors (Lipinski definition) is 1. The summed E-state index contributed by atoms with van der Waals surface area (Å²) in [5, 5.41) is 3.23. The maximum Gasteiger partial charge on any atom is 0.226 e. The lowest BCUT2D eigenvalue weighted by atomic mass is 9.92. The quantitative estimate of drug-likeness (QED) is 0.880. The fourth-order valence-electron chi connectivity index (χ4n) is 3.99. The highest BCUT2D eigenvalue weighted by atomic mass is 16.5. The van der Waals surface area contributed by atoms with Crippen LogP contribution in [-0.2, 0) is 16.0 Å². The van der Waals surface area contributed by atoms with Crippen LogP contribution < -0.4 is 10.1 Å². The molecule has 1 aromatic rings. The Morgan fingerprint density at radius 2 is 1.69 bits per heavy atom. The predicted molar refractivity (Wildman–Crippen MR) is 101 cm³/mol. The fourth-order valence-corrected chi connectivity index (χ4v) is 3.99. The van der Waals surface area contributed by atoms with Crippen LogP contribution in [0.5, 0.6) is 5.75 Å². The van der Waals surface area contributed by atoms with Gasteiger partial charge >= 0.3 is 0 Å². The second kappa shape index (κ2) is 9.06. The zero-order chi connectivity index (χ0) is 18.4. The van der Waals surface area contributed by atoms with Gasteiger partial charge in [-0.3, -0.25) is 9.59 Å². The number of carbonyl (C=O) groups excluding carboxylic acids is 2. The SMILES string of the molecule is COc1ccc(CC(=O)N2CCC(C(=O)NC3CCCCC3)CC2)cc1. The summed E-state index contributed by atoms with van der Waals surface area (Å²) in [6.45, 7) is 1.36. The first-order chi connectivity index (χ1) is 12.7. The smallest absolute Gasteiger partial charge is 0.226 e. The molecule has 0 radical (unpaired) electrons. The van der Waals surface area contributed by atoms with E-state index in [9.17, 15) is 9.59 Å². The van der Waals surface area contributed by atoms with E-state index in [1.165, 1.54) is 19.3 Å². The first-order valence-electron chi connectivity index (χ1n) is 9.87. The molecule has 5 nitrogen and oxygen atoms in total. The number of amides is 2. The van der Waals surface area contributed by atoms with Crippen molar-refractivity contribution in [2.75, 3.05) is 20.2 Å². The lowest BCUT2D eigenvalue weighted by Gasteiger charge is -2.33. The van der Waals surface area contributed by atoms with Crippen LogP contribution in [0.1, 0.15) is 50.5 Å². The number of ether oxygens (including phenoxy) is 1. The third-order valence-electron chi connectivity index (χ3n) is 5.68. The van der Waals surface area contributed by atoms with E-state index in [2.05, 4.69) is 5.32 Å². The minimum Gasteiger partial charge on any atom is -0.497 e. The van der Waals surface area contributed by atoms with Gasteiger partial charge in [-0.1, -0.05) is 31.4 Å². The molecule has 1 heterocycles. The Morgan fingerprint density at radius 3 is 2.31 bits per heavy atom. The lowest BCUT2D eigenvalue weighted by Crippen LogP contribution is -2.46. The van der Waals surface area contributed by atoms with Gasteiger partial charge in [0.1, 0.15) is 5.75 Å². The van der Waals surface area contributed by atoms with E-state index in [4.69, 9.17) is 4.74 Å². The molecular weight excluding hydrogens is 328 g/mol. The maximum absolute atomic E-state index is 12.5. The molecule has 3 rings (SSSR count). The summed E-state index contributed by atoms with van der Waals surface area (Å²) in [6, 6.07) is 7.99. The molecule has 0 bridgehead atoms. The molecule has 1 aliphatic carbocycles. The van der Waals surface area contributed by atoms with Crippen LogP contribution >= 0.6 is 0 Å². The van der Waals surface area contributed by atoms with Gasteiger partial charge in [0.25, 0.3) is 0 Å². The van der Waals surface area contributed by atoms with Crippen molar-refractivity contribution < 1.29 is 14.3 Å². The number of carbonyl (C=O) groups is 2. The number of likely N-dealkylation sites (tertiary alicyclic amines) is 1. The van der Waals surface area contributed by atoms with E-state index in [0.29, 0.717) is 25.6 Å². The van der Waals surface area contributed by atoms with Crippen molar-refractivity contribution >= 4 is 11.8 Å². The Bertz CT molecular complexity index is 600. The zero-order valence-corrected chi connectivity index (χ0v) is 15.7. The molecule has 0 atom stereocenters. The maximum atomic E-state index is 12.5. The summed E-state index contributed by atoms with van der Waals surface area (Å²) in [5.74, 6) is 1.19. The number of rotatable bonds is 5. The Balaban J connectivity index is 1.43. The van der Waals surface area contributed by atoms with Crippen molar-refractivity contribution in [1.29, 1.82) is 0 Å². The summed E-state index contributed by atoms with van der Waals surface area (Å²) in [7, 11) is 1.63. The van der Waals surface area contributed by atoms with E-state index in [0.717, 1.165) is 37.0 Å². The van der Waals surface area contributed by atoms with Gasteiger partial charge < -0.3 is 15.0 Å². The molecule has 0 spiro atoms. The largest absolute Gasteiger partial charge is 0.497 e. The minimum atomic E-state index is 0.0574. The molecule has 1 saturated heterocycles. The molecule has 142 valence electrons. The number of benzene rings is 1. The van der Waals surface area contributed by atoms with Crippen LogP contribution in [-0.4, -0.2) is 43.0 Å². The van der Waals surface area contributed by atoms with E-state index in [1.54, 1.807) is 7.11 Å². The van der Waals surface area contributed by atoms with Crippen molar-refractivity contribution in [2.24, 2.45) is 5.92 Å². The van der Waals surface area contributed by atoms with Gasteiger partial charge in [-0.2, -0.15) is 0 Å². The van der Waals surface area contributed by atoms with Gasteiger partial charge in [0.15, 0.2) is 0 Å².